The number of carboxylic acids is 1. The number of carbonyl (C=O) groups excluding carboxylic acids is 3. The van der Waals surface area contributed by atoms with Gasteiger partial charge in [-0.3, -0.25) is 19.7 Å². The number of nitrogens with zero attached hydrogens (tertiary/aromatic N) is 1. The number of likely N-dealkylation sites (tertiary alicyclic amines) is 1. The molecule has 1 aromatic rings. The van der Waals surface area contributed by atoms with Crippen molar-refractivity contribution in [3.8, 4) is 0 Å². The van der Waals surface area contributed by atoms with Gasteiger partial charge in [0.15, 0.2) is 0 Å². The predicted octanol–water partition coefficient (Wildman–Crippen LogP) is 1.08. The molecular weight excluding hydrogens is 383 g/mol. The van der Waals surface area contributed by atoms with E-state index in [1.165, 1.54) is 31.2 Å². The molecule has 0 aliphatic carbocycles. The minimum atomic E-state index is -4.73. The third-order valence-corrected chi connectivity index (χ3v) is 5.10. The van der Waals surface area contributed by atoms with E-state index in [2.05, 4.69) is 10.6 Å². The third kappa shape index (κ3) is 3.27. The standard InChI is InChI=1S/C17H16F3N3O5/c1-16(14(27)21-15(28)22-16)9-4-2-8(3-5-9)12(24)23-6-10(13(25)26)11(7-23)17(18,19)20/h2-5,10-11H,6-7H2,1H3,(H,25,26)(H2,21,22,27,28)/t10-,11-,16?/m1/s1. The molecule has 11 heteroatoms. The first-order valence-electron chi connectivity index (χ1n) is 8.26. The van der Waals surface area contributed by atoms with Crippen molar-refractivity contribution in [2.45, 2.75) is 18.6 Å². The Kier molecular flexibility index (Phi) is 4.56. The summed E-state index contributed by atoms with van der Waals surface area (Å²) in [5, 5.41) is 13.6. The first-order chi connectivity index (χ1) is 12.9. The molecule has 1 aromatic carbocycles. The molecule has 28 heavy (non-hydrogen) atoms. The number of imide groups is 1. The van der Waals surface area contributed by atoms with Gasteiger partial charge in [0.1, 0.15) is 5.54 Å². The highest BCUT2D eigenvalue weighted by atomic mass is 19.4. The van der Waals surface area contributed by atoms with E-state index in [4.69, 9.17) is 5.11 Å². The summed E-state index contributed by atoms with van der Waals surface area (Å²) >= 11 is 0. The number of urea groups is 1. The van der Waals surface area contributed by atoms with Gasteiger partial charge < -0.3 is 15.3 Å². The van der Waals surface area contributed by atoms with Crippen LogP contribution in [0.3, 0.4) is 0 Å². The van der Waals surface area contributed by atoms with Crippen molar-refractivity contribution in [1.29, 1.82) is 0 Å². The van der Waals surface area contributed by atoms with Crippen LogP contribution < -0.4 is 10.6 Å². The lowest BCUT2D eigenvalue weighted by atomic mass is 9.91. The SMILES string of the molecule is CC1(c2ccc(C(=O)N3C[C@@H](C(F)(F)F)[C@H](C(=O)O)C3)cc2)NC(=O)NC1=O. The van der Waals surface area contributed by atoms with Crippen molar-refractivity contribution in [2.24, 2.45) is 11.8 Å². The third-order valence-electron chi connectivity index (χ3n) is 5.10. The van der Waals surface area contributed by atoms with E-state index in [1.807, 2.05) is 0 Å². The molecule has 0 aromatic heterocycles. The summed E-state index contributed by atoms with van der Waals surface area (Å²) in [5.41, 5.74) is -0.906. The van der Waals surface area contributed by atoms with Crippen molar-refractivity contribution in [1.82, 2.24) is 15.5 Å². The van der Waals surface area contributed by atoms with Gasteiger partial charge in [-0.05, 0) is 24.6 Å². The van der Waals surface area contributed by atoms with Gasteiger partial charge in [0.25, 0.3) is 11.8 Å². The maximum atomic E-state index is 13.1. The van der Waals surface area contributed by atoms with Gasteiger partial charge in [-0.2, -0.15) is 13.2 Å². The zero-order chi connectivity index (χ0) is 20.9. The Morgan fingerprint density at radius 2 is 1.79 bits per heavy atom. The summed E-state index contributed by atoms with van der Waals surface area (Å²) in [7, 11) is 0. The van der Waals surface area contributed by atoms with Crippen molar-refractivity contribution in [2.75, 3.05) is 13.1 Å². The number of hydrogen-bond acceptors (Lipinski definition) is 4. The summed E-state index contributed by atoms with van der Waals surface area (Å²) in [5.74, 6) is -6.78. The molecule has 4 amide bonds. The average Bonchev–Trinajstić information content (AvgIpc) is 3.16. The number of hydrogen-bond donors (Lipinski definition) is 3. The smallest absolute Gasteiger partial charge is 0.394 e. The molecule has 2 aliphatic rings. The molecule has 2 fully saturated rings. The second-order valence-corrected chi connectivity index (χ2v) is 6.91. The van der Waals surface area contributed by atoms with Crippen LogP contribution in [0.2, 0.25) is 0 Å². The van der Waals surface area contributed by atoms with E-state index < -0.39 is 60.5 Å². The molecule has 0 spiro atoms. The highest BCUT2D eigenvalue weighted by molar-refractivity contribution is 6.07. The molecule has 3 rings (SSSR count). The van der Waals surface area contributed by atoms with Crippen LogP contribution >= 0.6 is 0 Å². The van der Waals surface area contributed by atoms with Gasteiger partial charge in [-0.15, -0.1) is 0 Å². The van der Waals surface area contributed by atoms with Crippen LogP contribution in [0.4, 0.5) is 18.0 Å². The van der Waals surface area contributed by atoms with Gasteiger partial charge in [0.2, 0.25) is 0 Å². The molecule has 150 valence electrons. The average molecular weight is 399 g/mol. The number of nitrogens with one attached hydrogen (secondary N) is 2. The molecule has 1 unspecified atom stereocenters. The van der Waals surface area contributed by atoms with Gasteiger partial charge in [-0.25, -0.2) is 4.79 Å². The highest BCUT2D eigenvalue weighted by Gasteiger charge is 2.53. The molecule has 3 atom stereocenters. The van der Waals surface area contributed by atoms with E-state index in [-0.39, 0.29) is 5.56 Å². The second-order valence-electron chi connectivity index (χ2n) is 6.91. The number of rotatable bonds is 3. The summed E-state index contributed by atoms with van der Waals surface area (Å²) in [6.45, 7) is 0.184. The minimum absolute atomic E-state index is 0.0454. The molecule has 0 saturated carbocycles. The van der Waals surface area contributed by atoms with Gasteiger partial charge in [0, 0.05) is 18.7 Å². The normalized spacial score (nSPS) is 27.5. The van der Waals surface area contributed by atoms with Gasteiger partial charge in [0.05, 0.1) is 11.8 Å². The lowest BCUT2D eigenvalue weighted by molar-refractivity contribution is -0.187. The minimum Gasteiger partial charge on any atom is -0.481 e. The quantitative estimate of drug-likeness (QED) is 0.658. The fraction of sp³-hybridized carbons (Fsp3) is 0.412. The molecule has 2 saturated heterocycles. The molecular formula is C17H16F3N3O5. The van der Waals surface area contributed by atoms with Crippen LogP contribution in [-0.4, -0.2) is 53.1 Å². The van der Waals surface area contributed by atoms with Crippen molar-refractivity contribution < 1.29 is 37.5 Å². The lowest BCUT2D eigenvalue weighted by Gasteiger charge is -2.22. The van der Waals surface area contributed by atoms with E-state index in [1.54, 1.807) is 0 Å². The van der Waals surface area contributed by atoms with Crippen LogP contribution in [0, 0.1) is 11.8 Å². The van der Waals surface area contributed by atoms with E-state index in [9.17, 15) is 32.3 Å². The Morgan fingerprint density at radius 3 is 2.21 bits per heavy atom. The number of aliphatic carboxylic acids is 1. The Labute approximate surface area is 156 Å². The molecule has 2 heterocycles. The monoisotopic (exact) mass is 399 g/mol. The van der Waals surface area contributed by atoms with Crippen molar-refractivity contribution in [3.63, 3.8) is 0 Å². The Hall–Kier alpha value is -3.11. The zero-order valence-electron chi connectivity index (χ0n) is 14.5. The Morgan fingerprint density at radius 1 is 1.18 bits per heavy atom. The van der Waals surface area contributed by atoms with Crippen LogP contribution in [0.15, 0.2) is 24.3 Å². The molecule has 0 radical (unpaired) electrons. The topological polar surface area (TPSA) is 116 Å². The first kappa shape index (κ1) is 19.6. The van der Waals surface area contributed by atoms with Gasteiger partial charge >= 0.3 is 18.2 Å². The maximum Gasteiger partial charge on any atom is 0.394 e. The van der Waals surface area contributed by atoms with Gasteiger partial charge in [-0.1, -0.05) is 12.1 Å². The summed E-state index contributed by atoms with van der Waals surface area (Å²) in [4.78, 5) is 47.8. The van der Waals surface area contributed by atoms with E-state index >= 15 is 0 Å². The first-order valence-corrected chi connectivity index (χ1v) is 8.26. The van der Waals surface area contributed by atoms with Crippen LogP contribution in [0.25, 0.3) is 0 Å². The number of amides is 4. The summed E-state index contributed by atoms with van der Waals surface area (Å²) in [6, 6.07) is 4.78. The molecule has 2 aliphatic heterocycles. The van der Waals surface area contributed by atoms with E-state index in [0.717, 1.165) is 4.90 Å². The molecule has 8 nitrogen and oxygen atoms in total. The largest absolute Gasteiger partial charge is 0.481 e. The Bertz CT molecular complexity index is 855. The van der Waals surface area contributed by atoms with Crippen molar-refractivity contribution in [3.05, 3.63) is 35.4 Å². The number of alkyl halides is 3. The number of carbonyl (C=O) groups is 4. The number of halogens is 3. The van der Waals surface area contributed by atoms with E-state index in [0.29, 0.717) is 5.56 Å². The van der Waals surface area contributed by atoms with Crippen LogP contribution in [0.1, 0.15) is 22.8 Å². The molecule has 3 N–H and O–H groups in total. The predicted molar refractivity (Wildman–Crippen MR) is 87.0 cm³/mol. The second kappa shape index (κ2) is 6.50. The highest BCUT2D eigenvalue weighted by Crippen LogP contribution is 2.38. The number of carboxylic acid groups (broad SMARTS) is 1. The van der Waals surface area contributed by atoms with Crippen molar-refractivity contribution >= 4 is 23.8 Å². The Balaban J connectivity index is 1.79. The zero-order valence-corrected chi connectivity index (χ0v) is 14.5. The fourth-order valence-electron chi connectivity index (χ4n) is 3.43. The van der Waals surface area contributed by atoms with Crippen LogP contribution in [-0.2, 0) is 15.1 Å². The summed E-state index contributed by atoms with van der Waals surface area (Å²) < 4.78 is 39.2. The van der Waals surface area contributed by atoms with Crippen LogP contribution in [0.5, 0.6) is 0 Å². The number of benzene rings is 1. The summed E-state index contributed by atoms with van der Waals surface area (Å²) in [6.07, 6.45) is -4.73. The molecule has 0 bridgehead atoms. The maximum absolute atomic E-state index is 13.1. The fourth-order valence-corrected chi connectivity index (χ4v) is 3.43. The lowest BCUT2D eigenvalue weighted by Crippen LogP contribution is -2.40.